The van der Waals surface area contributed by atoms with Crippen LogP contribution in [-0.2, 0) is 11.3 Å². The number of carbonyl (C=O) groups is 1. The summed E-state index contributed by atoms with van der Waals surface area (Å²) in [5.74, 6) is -0.0821. The lowest BCUT2D eigenvalue weighted by atomic mass is 10.2. The second-order valence-electron chi connectivity index (χ2n) is 5.46. The highest BCUT2D eigenvalue weighted by molar-refractivity contribution is 5.91. The highest BCUT2D eigenvalue weighted by Crippen LogP contribution is 2.02. The van der Waals surface area contributed by atoms with Gasteiger partial charge in [-0.2, -0.15) is 0 Å². The largest absolute Gasteiger partial charge is 0.353 e. The van der Waals surface area contributed by atoms with Gasteiger partial charge in [0, 0.05) is 25.4 Å². The zero-order valence-electron chi connectivity index (χ0n) is 13.5. The summed E-state index contributed by atoms with van der Waals surface area (Å²) in [4.78, 5) is 18.1. The number of hydrogen-bond acceptors (Lipinski definition) is 3. The van der Waals surface area contributed by atoms with E-state index in [0.29, 0.717) is 6.54 Å². The van der Waals surface area contributed by atoms with Gasteiger partial charge in [-0.1, -0.05) is 36.4 Å². The molecule has 0 spiro atoms. The molecule has 1 aromatic carbocycles. The first kappa shape index (κ1) is 16.9. The molecule has 0 aliphatic rings. The number of amides is 1. The standard InChI is InChI=1S/C19H23N3O/c1-22(16-17-8-3-2-4-9-17)15-7-14-21-19(23)12-11-18-10-5-6-13-20-18/h2-6,8-13H,7,14-16H2,1H3,(H,21,23)/b12-11+. The van der Waals surface area contributed by atoms with Crippen molar-refractivity contribution >= 4 is 12.0 Å². The Morgan fingerprint density at radius 1 is 1.17 bits per heavy atom. The average Bonchev–Trinajstić information content (AvgIpc) is 2.59. The van der Waals surface area contributed by atoms with Crippen LogP contribution < -0.4 is 5.32 Å². The van der Waals surface area contributed by atoms with Gasteiger partial charge in [0.15, 0.2) is 0 Å². The molecule has 0 aliphatic heterocycles. The Labute approximate surface area is 137 Å². The van der Waals surface area contributed by atoms with Crippen LogP contribution in [0.1, 0.15) is 17.7 Å². The third kappa shape index (κ3) is 6.89. The summed E-state index contributed by atoms with van der Waals surface area (Å²) in [6.45, 7) is 2.54. The first-order chi connectivity index (χ1) is 11.2. The molecule has 0 saturated heterocycles. The highest BCUT2D eigenvalue weighted by Gasteiger charge is 2.00. The van der Waals surface area contributed by atoms with Gasteiger partial charge < -0.3 is 10.2 Å². The van der Waals surface area contributed by atoms with Crippen molar-refractivity contribution in [3.8, 4) is 0 Å². The summed E-state index contributed by atoms with van der Waals surface area (Å²) in [6.07, 6.45) is 5.87. The zero-order valence-corrected chi connectivity index (χ0v) is 13.5. The number of hydrogen-bond donors (Lipinski definition) is 1. The van der Waals surface area contributed by atoms with Crippen molar-refractivity contribution in [1.82, 2.24) is 15.2 Å². The van der Waals surface area contributed by atoms with E-state index in [1.165, 1.54) is 11.6 Å². The molecule has 1 aromatic heterocycles. The van der Waals surface area contributed by atoms with Gasteiger partial charge in [0.1, 0.15) is 0 Å². The van der Waals surface area contributed by atoms with Gasteiger partial charge >= 0.3 is 0 Å². The maximum atomic E-state index is 11.7. The zero-order chi connectivity index (χ0) is 16.3. The highest BCUT2D eigenvalue weighted by atomic mass is 16.1. The molecule has 2 aromatic rings. The Kier molecular flexibility index (Phi) is 7.01. The Balaban J connectivity index is 1.61. The number of pyridine rings is 1. The SMILES string of the molecule is CN(CCCNC(=O)/C=C/c1ccccn1)Cc1ccccc1. The molecule has 1 heterocycles. The molecular weight excluding hydrogens is 286 g/mol. The maximum Gasteiger partial charge on any atom is 0.244 e. The fourth-order valence-corrected chi connectivity index (χ4v) is 2.23. The molecule has 0 atom stereocenters. The Morgan fingerprint density at radius 2 is 1.96 bits per heavy atom. The van der Waals surface area contributed by atoms with Crippen LogP contribution in [0.5, 0.6) is 0 Å². The van der Waals surface area contributed by atoms with E-state index in [-0.39, 0.29) is 5.91 Å². The molecule has 23 heavy (non-hydrogen) atoms. The van der Waals surface area contributed by atoms with E-state index >= 15 is 0 Å². The third-order valence-corrected chi connectivity index (χ3v) is 3.40. The molecule has 1 N–H and O–H groups in total. The first-order valence-corrected chi connectivity index (χ1v) is 7.83. The van der Waals surface area contributed by atoms with Crippen LogP contribution >= 0.6 is 0 Å². The summed E-state index contributed by atoms with van der Waals surface area (Å²) in [6, 6.07) is 16.0. The van der Waals surface area contributed by atoms with E-state index in [1.54, 1.807) is 12.3 Å². The molecule has 0 radical (unpaired) electrons. The molecule has 0 unspecified atom stereocenters. The molecule has 0 aliphatic carbocycles. The van der Waals surface area contributed by atoms with E-state index < -0.39 is 0 Å². The molecule has 4 heteroatoms. The predicted octanol–water partition coefficient (Wildman–Crippen LogP) is 2.73. The number of carbonyl (C=O) groups excluding carboxylic acids is 1. The second-order valence-corrected chi connectivity index (χ2v) is 5.46. The fraction of sp³-hybridized carbons (Fsp3) is 0.263. The number of benzene rings is 1. The van der Waals surface area contributed by atoms with Crippen LogP contribution in [0.2, 0.25) is 0 Å². The minimum atomic E-state index is -0.0821. The van der Waals surface area contributed by atoms with Crippen molar-refractivity contribution in [2.75, 3.05) is 20.1 Å². The van der Waals surface area contributed by atoms with Crippen molar-refractivity contribution in [3.63, 3.8) is 0 Å². The van der Waals surface area contributed by atoms with Crippen molar-refractivity contribution < 1.29 is 4.79 Å². The minimum absolute atomic E-state index is 0.0821. The predicted molar refractivity (Wildman–Crippen MR) is 93.7 cm³/mol. The lowest BCUT2D eigenvalue weighted by molar-refractivity contribution is -0.116. The van der Waals surface area contributed by atoms with Gasteiger partial charge in [-0.15, -0.1) is 0 Å². The molecular formula is C19H23N3O. The molecule has 1 amide bonds. The van der Waals surface area contributed by atoms with E-state index in [9.17, 15) is 4.79 Å². The van der Waals surface area contributed by atoms with Crippen molar-refractivity contribution in [3.05, 3.63) is 72.1 Å². The lowest BCUT2D eigenvalue weighted by Crippen LogP contribution is -2.26. The van der Waals surface area contributed by atoms with Gasteiger partial charge in [0.25, 0.3) is 0 Å². The number of rotatable bonds is 8. The summed E-state index contributed by atoms with van der Waals surface area (Å²) < 4.78 is 0. The monoisotopic (exact) mass is 309 g/mol. The van der Waals surface area contributed by atoms with Crippen molar-refractivity contribution in [2.24, 2.45) is 0 Å². The molecule has 0 bridgehead atoms. The average molecular weight is 309 g/mol. The van der Waals surface area contributed by atoms with E-state index in [2.05, 4.69) is 46.5 Å². The topological polar surface area (TPSA) is 45.2 Å². The van der Waals surface area contributed by atoms with Crippen LogP contribution in [-0.4, -0.2) is 35.9 Å². The Bertz CT molecular complexity index is 611. The quantitative estimate of drug-likeness (QED) is 0.602. The van der Waals surface area contributed by atoms with Crippen LogP contribution in [0.3, 0.4) is 0 Å². The smallest absolute Gasteiger partial charge is 0.244 e. The van der Waals surface area contributed by atoms with E-state index in [4.69, 9.17) is 0 Å². The number of nitrogens with zero attached hydrogens (tertiary/aromatic N) is 2. The Hall–Kier alpha value is -2.46. The van der Waals surface area contributed by atoms with Gasteiger partial charge in [0.05, 0.1) is 5.69 Å². The summed E-state index contributed by atoms with van der Waals surface area (Å²) in [5, 5.41) is 2.89. The van der Waals surface area contributed by atoms with Crippen LogP contribution in [0, 0.1) is 0 Å². The molecule has 4 nitrogen and oxygen atoms in total. The van der Waals surface area contributed by atoms with E-state index in [1.807, 2.05) is 24.3 Å². The Morgan fingerprint density at radius 3 is 2.70 bits per heavy atom. The van der Waals surface area contributed by atoms with Gasteiger partial charge in [-0.05, 0) is 43.8 Å². The molecule has 0 fully saturated rings. The summed E-state index contributed by atoms with van der Waals surface area (Å²) in [5.41, 5.74) is 2.09. The van der Waals surface area contributed by atoms with Gasteiger partial charge in [-0.3, -0.25) is 9.78 Å². The van der Waals surface area contributed by atoms with Gasteiger partial charge in [0.2, 0.25) is 5.91 Å². The number of nitrogens with one attached hydrogen (secondary N) is 1. The maximum absolute atomic E-state index is 11.7. The first-order valence-electron chi connectivity index (χ1n) is 7.83. The summed E-state index contributed by atoms with van der Waals surface area (Å²) in [7, 11) is 2.09. The fourth-order valence-electron chi connectivity index (χ4n) is 2.23. The molecule has 0 saturated carbocycles. The van der Waals surface area contributed by atoms with Crippen LogP contribution in [0.25, 0.3) is 6.08 Å². The number of aromatic nitrogens is 1. The molecule has 2 rings (SSSR count). The van der Waals surface area contributed by atoms with Crippen molar-refractivity contribution in [2.45, 2.75) is 13.0 Å². The second kappa shape index (κ2) is 9.54. The summed E-state index contributed by atoms with van der Waals surface area (Å²) >= 11 is 0. The lowest BCUT2D eigenvalue weighted by Gasteiger charge is -2.16. The van der Waals surface area contributed by atoms with Crippen LogP contribution in [0.4, 0.5) is 0 Å². The normalized spacial score (nSPS) is 11.0. The molecule has 120 valence electrons. The van der Waals surface area contributed by atoms with Crippen LogP contribution in [0.15, 0.2) is 60.8 Å². The third-order valence-electron chi connectivity index (χ3n) is 3.40. The van der Waals surface area contributed by atoms with Crippen molar-refractivity contribution in [1.29, 1.82) is 0 Å². The minimum Gasteiger partial charge on any atom is -0.353 e. The van der Waals surface area contributed by atoms with E-state index in [0.717, 1.165) is 25.2 Å². The van der Waals surface area contributed by atoms with Gasteiger partial charge in [-0.25, -0.2) is 0 Å².